The van der Waals surface area contributed by atoms with Gasteiger partial charge in [0.1, 0.15) is 0 Å². The van der Waals surface area contributed by atoms with Gasteiger partial charge in [0.2, 0.25) is 5.91 Å². The highest BCUT2D eigenvalue weighted by Gasteiger charge is 2.10. The van der Waals surface area contributed by atoms with E-state index in [0.29, 0.717) is 16.1 Å². The van der Waals surface area contributed by atoms with Crippen LogP contribution >= 0.6 is 11.6 Å². The van der Waals surface area contributed by atoms with Crippen molar-refractivity contribution < 1.29 is 9.59 Å². The minimum Gasteiger partial charge on any atom is -0.298 e. The molecule has 1 aromatic carbocycles. The second kappa shape index (κ2) is 3.51. The molecule has 4 heteroatoms. The lowest BCUT2D eigenvalue weighted by atomic mass is 10.2. The van der Waals surface area contributed by atoms with Gasteiger partial charge < -0.3 is 0 Å². The lowest BCUT2D eigenvalue weighted by Crippen LogP contribution is -2.02. The zero-order valence-electron chi connectivity index (χ0n) is 8.03. The smallest absolute Gasteiger partial charge is 0.227 e. The normalized spacial score (nSPS) is 10.5. The number of benzene rings is 1. The quantitative estimate of drug-likeness (QED) is 0.695. The predicted octanol–water partition coefficient (Wildman–Crippen LogP) is 2.77. The summed E-state index contributed by atoms with van der Waals surface area (Å²) in [5.74, 6) is -0.143. The molecule has 0 N–H and O–H groups in total. The molecular formula is C11H8ClNO2. The van der Waals surface area contributed by atoms with Gasteiger partial charge >= 0.3 is 0 Å². The van der Waals surface area contributed by atoms with Gasteiger partial charge in [-0.3, -0.25) is 14.2 Å². The van der Waals surface area contributed by atoms with E-state index < -0.39 is 0 Å². The minimum absolute atomic E-state index is 0.143. The van der Waals surface area contributed by atoms with Crippen LogP contribution < -0.4 is 0 Å². The molecule has 0 aliphatic rings. The highest BCUT2D eigenvalue weighted by molar-refractivity contribution is 6.31. The fourth-order valence-electron chi connectivity index (χ4n) is 1.58. The van der Waals surface area contributed by atoms with Gasteiger partial charge in [-0.2, -0.15) is 0 Å². The Labute approximate surface area is 91.3 Å². The van der Waals surface area contributed by atoms with E-state index in [9.17, 15) is 9.59 Å². The Balaban J connectivity index is 2.87. The van der Waals surface area contributed by atoms with Gasteiger partial charge in [-0.25, -0.2) is 0 Å². The summed E-state index contributed by atoms with van der Waals surface area (Å²) in [6, 6.07) is 5.10. The molecule has 0 spiro atoms. The molecule has 0 radical (unpaired) electrons. The highest BCUT2D eigenvalue weighted by Crippen LogP contribution is 2.23. The molecule has 3 nitrogen and oxygen atoms in total. The molecule has 2 rings (SSSR count). The van der Waals surface area contributed by atoms with Crippen LogP contribution in [0, 0.1) is 0 Å². The summed E-state index contributed by atoms with van der Waals surface area (Å²) in [5.41, 5.74) is 1.16. The van der Waals surface area contributed by atoms with Crippen LogP contribution in [-0.2, 0) is 0 Å². The molecule has 1 heterocycles. The van der Waals surface area contributed by atoms with Crippen LogP contribution in [0.5, 0.6) is 0 Å². The summed E-state index contributed by atoms with van der Waals surface area (Å²) in [5, 5.41) is 1.28. The number of hydrogen-bond acceptors (Lipinski definition) is 2. The van der Waals surface area contributed by atoms with Crippen molar-refractivity contribution in [1.29, 1.82) is 0 Å². The average Bonchev–Trinajstić information content (AvgIpc) is 2.55. The first-order chi connectivity index (χ1) is 7.13. The molecule has 0 bridgehead atoms. The molecule has 0 aliphatic carbocycles. The fraction of sp³-hybridized carbons (Fsp3) is 0.0909. The number of nitrogens with zero attached hydrogens (tertiary/aromatic N) is 1. The van der Waals surface area contributed by atoms with Gasteiger partial charge in [-0.05, 0) is 12.1 Å². The van der Waals surface area contributed by atoms with E-state index in [4.69, 9.17) is 11.6 Å². The highest BCUT2D eigenvalue weighted by atomic mass is 35.5. The van der Waals surface area contributed by atoms with Gasteiger partial charge in [-0.15, -0.1) is 0 Å². The Kier molecular flexibility index (Phi) is 2.32. The molecule has 0 saturated heterocycles. The summed E-state index contributed by atoms with van der Waals surface area (Å²) in [6.45, 7) is 1.44. The predicted molar refractivity (Wildman–Crippen MR) is 58.6 cm³/mol. The van der Waals surface area contributed by atoms with E-state index in [1.807, 2.05) is 0 Å². The zero-order chi connectivity index (χ0) is 11.0. The molecule has 1 aromatic heterocycles. The van der Waals surface area contributed by atoms with Gasteiger partial charge in [0.05, 0.1) is 5.52 Å². The van der Waals surface area contributed by atoms with Crippen molar-refractivity contribution in [2.24, 2.45) is 0 Å². The number of aromatic nitrogens is 1. The Morgan fingerprint density at radius 2 is 2.20 bits per heavy atom. The molecule has 0 aliphatic heterocycles. The van der Waals surface area contributed by atoms with Crippen molar-refractivity contribution in [2.75, 3.05) is 0 Å². The summed E-state index contributed by atoms with van der Waals surface area (Å²) >= 11 is 5.83. The number of rotatable bonds is 1. The Morgan fingerprint density at radius 3 is 2.80 bits per heavy atom. The van der Waals surface area contributed by atoms with Crippen LogP contribution in [0.3, 0.4) is 0 Å². The number of hydrogen-bond donors (Lipinski definition) is 0. The van der Waals surface area contributed by atoms with Crippen LogP contribution in [0.25, 0.3) is 10.9 Å². The van der Waals surface area contributed by atoms with E-state index in [-0.39, 0.29) is 5.91 Å². The summed E-state index contributed by atoms with van der Waals surface area (Å²) < 4.78 is 1.42. The molecule has 15 heavy (non-hydrogen) atoms. The summed E-state index contributed by atoms with van der Waals surface area (Å²) in [4.78, 5) is 22.1. The van der Waals surface area contributed by atoms with Crippen molar-refractivity contribution in [3.8, 4) is 0 Å². The molecule has 0 unspecified atom stereocenters. The molecule has 2 aromatic rings. The number of carbonyl (C=O) groups excluding carboxylic acids is 2. The summed E-state index contributed by atoms with van der Waals surface area (Å²) in [7, 11) is 0. The number of aldehydes is 1. The van der Waals surface area contributed by atoms with Crippen LogP contribution in [0.15, 0.2) is 24.4 Å². The summed E-state index contributed by atoms with van der Waals surface area (Å²) in [6.07, 6.45) is 2.26. The van der Waals surface area contributed by atoms with Crippen molar-refractivity contribution in [2.45, 2.75) is 6.92 Å². The maximum absolute atomic E-state index is 11.3. The lowest BCUT2D eigenvalue weighted by Gasteiger charge is -1.98. The largest absolute Gasteiger partial charge is 0.298 e. The number of carbonyl (C=O) groups is 2. The third-order valence-electron chi connectivity index (χ3n) is 2.26. The first kappa shape index (κ1) is 9.93. The first-order valence-electron chi connectivity index (χ1n) is 4.40. The van der Waals surface area contributed by atoms with Crippen LogP contribution in [0.1, 0.15) is 22.1 Å². The molecule has 0 fully saturated rings. The topological polar surface area (TPSA) is 39.1 Å². The molecule has 0 atom stereocenters. The van der Waals surface area contributed by atoms with E-state index >= 15 is 0 Å². The lowest BCUT2D eigenvalue weighted by molar-refractivity contribution is 0.0941. The molecule has 0 amide bonds. The van der Waals surface area contributed by atoms with E-state index in [2.05, 4.69) is 0 Å². The first-order valence-corrected chi connectivity index (χ1v) is 4.78. The zero-order valence-corrected chi connectivity index (χ0v) is 8.78. The Hall–Kier alpha value is -1.61. The van der Waals surface area contributed by atoms with Crippen molar-refractivity contribution in [1.82, 2.24) is 4.57 Å². The minimum atomic E-state index is -0.143. The fourth-order valence-corrected chi connectivity index (χ4v) is 1.75. The van der Waals surface area contributed by atoms with Gasteiger partial charge in [0, 0.05) is 29.1 Å². The SMILES string of the molecule is CC(=O)n1cc(C=O)c2ccc(Cl)cc21. The van der Waals surface area contributed by atoms with Crippen molar-refractivity contribution in [3.05, 3.63) is 35.0 Å². The number of halogens is 1. The van der Waals surface area contributed by atoms with E-state index in [1.54, 1.807) is 18.2 Å². The van der Waals surface area contributed by atoms with Crippen LogP contribution in [0.4, 0.5) is 0 Å². The maximum Gasteiger partial charge on any atom is 0.227 e. The average molecular weight is 222 g/mol. The number of fused-ring (bicyclic) bond motifs is 1. The Bertz CT molecular complexity index is 557. The van der Waals surface area contributed by atoms with Gasteiger partial charge in [0.15, 0.2) is 6.29 Å². The van der Waals surface area contributed by atoms with Crippen molar-refractivity contribution in [3.63, 3.8) is 0 Å². The third kappa shape index (κ3) is 1.55. The Morgan fingerprint density at radius 1 is 1.47 bits per heavy atom. The van der Waals surface area contributed by atoms with E-state index in [1.165, 1.54) is 17.7 Å². The third-order valence-corrected chi connectivity index (χ3v) is 2.50. The monoisotopic (exact) mass is 221 g/mol. The van der Waals surface area contributed by atoms with Crippen LogP contribution in [-0.4, -0.2) is 16.8 Å². The standard InChI is InChI=1S/C11H8ClNO2/c1-7(15)13-5-8(6-14)10-3-2-9(12)4-11(10)13/h2-6H,1H3. The van der Waals surface area contributed by atoms with Gasteiger partial charge in [-0.1, -0.05) is 17.7 Å². The van der Waals surface area contributed by atoms with Crippen molar-refractivity contribution >= 4 is 34.7 Å². The van der Waals surface area contributed by atoms with Gasteiger partial charge in [0.25, 0.3) is 0 Å². The van der Waals surface area contributed by atoms with E-state index in [0.717, 1.165) is 11.7 Å². The second-order valence-electron chi connectivity index (χ2n) is 3.25. The maximum atomic E-state index is 11.3. The molecular weight excluding hydrogens is 214 g/mol. The van der Waals surface area contributed by atoms with Crippen LogP contribution in [0.2, 0.25) is 5.02 Å². The molecule has 76 valence electrons. The second-order valence-corrected chi connectivity index (χ2v) is 3.69. The molecule has 0 saturated carbocycles.